The molecule has 0 unspecified atom stereocenters. The molecule has 0 aromatic rings. The normalized spacial score (nSPS) is 1.20. The number of aliphatic hydroxyl groups excluding tert-OH is 1. The van der Waals surface area contributed by atoms with Gasteiger partial charge in [-0.15, -0.1) is 24.8 Å². The molecular weight excluding hydrogens is 147 g/mol. The van der Waals surface area contributed by atoms with Crippen molar-refractivity contribution < 1.29 is 26.8 Å². The Morgan fingerprint density at radius 2 is 1.00 bits per heavy atom. The average Bonchev–Trinajstić information content (AvgIpc) is 1.00. The first-order valence-corrected chi connectivity index (χ1v) is 0.447. The van der Waals surface area contributed by atoms with Crippen LogP contribution in [0.25, 0.3) is 0 Å². The Kier molecular flexibility index (Phi) is 411. The molecule has 1 N–H and O–H groups in total. The number of rotatable bonds is 0. The van der Waals surface area contributed by atoms with Crippen LogP contribution in [0.3, 0.4) is 0 Å². The molecule has 0 aromatic carbocycles. The predicted molar refractivity (Wildman–Crippen MR) is 22.6 cm³/mol. The Morgan fingerprint density at radius 3 is 1.00 bits per heavy atom. The first-order valence-electron chi connectivity index (χ1n) is 0.447. The van der Waals surface area contributed by atoms with Crippen molar-refractivity contribution in [3.05, 3.63) is 0 Å². The second-order valence-electron chi connectivity index (χ2n) is 0. The van der Waals surface area contributed by atoms with Crippen molar-refractivity contribution in [3.8, 4) is 0 Å². The zero-order valence-corrected chi connectivity index (χ0v) is 5.96. The van der Waals surface area contributed by atoms with E-state index in [2.05, 4.69) is 0 Å². The third kappa shape index (κ3) is 35.4. The van der Waals surface area contributed by atoms with E-state index in [-0.39, 0.29) is 46.5 Å². The van der Waals surface area contributed by atoms with Gasteiger partial charge in [0, 0.05) is 28.8 Å². The quantitative estimate of drug-likeness (QED) is 0.500. The van der Waals surface area contributed by atoms with Crippen molar-refractivity contribution in [1.29, 1.82) is 0 Å². The fourth-order valence-corrected chi connectivity index (χ4v) is 0. The van der Waals surface area contributed by atoms with Crippen molar-refractivity contribution in [2.75, 3.05) is 7.11 Å². The molecule has 0 bridgehead atoms. The van der Waals surface area contributed by atoms with Crippen LogP contribution in [0.4, 0.5) is 0 Å². The zero-order chi connectivity index (χ0) is 2.00. The second-order valence-corrected chi connectivity index (χ2v) is 0. The largest absolute Gasteiger partial charge is 0.400 e. The van der Waals surface area contributed by atoms with Crippen LogP contribution in [-0.2, 0) is 21.7 Å². The van der Waals surface area contributed by atoms with Gasteiger partial charge >= 0.3 is 0 Å². The van der Waals surface area contributed by atoms with Gasteiger partial charge in [0.2, 0.25) is 0 Å². The molecule has 0 atom stereocenters. The topological polar surface area (TPSA) is 20.2 Å². The third-order valence-corrected chi connectivity index (χ3v) is 0. The molecule has 0 saturated heterocycles. The molecule has 0 aliphatic heterocycles. The van der Waals surface area contributed by atoms with Gasteiger partial charge in [-0.1, -0.05) is 0 Å². The van der Waals surface area contributed by atoms with E-state index in [0.29, 0.717) is 0 Å². The molecule has 0 spiro atoms. The van der Waals surface area contributed by atoms with Crippen molar-refractivity contribution in [3.63, 3.8) is 0 Å². The monoisotopic (exact) mass is 152 g/mol. The maximum Gasteiger partial charge on any atom is 0.0319 e. The van der Waals surface area contributed by atoms with Crippen LogP contribution in [0.2, 0.25) is 0 Å². The molecule has 0 aromatic heterocycles. The summed E-state index contributed by atoms with van der Waals surface area (Å²) in [5.41, 5.74) is 0. The fourth-order valence-electron chi connectivity index (χ4n) is 0. The number of hydrogen-bond acceptors (Lipinski definition) is 1. The van der Waals surface area contributed by atoms with Gasteiger partial charge < -0.3 is 5.11 Å². The SMILES string of the molecule is CO.Cl.Cl.[Ti]. The molecule has 1 nitrogen and oxygen atoms in total. The molecule has 0 aliphatic rings. The van der Waals surface area contributed by atoms with Crippen LogP contribution in [0.1, 0.15) is 0 Å². The Bertz CT molecular complexity index is 9.61. The van der Waals surface area contributed by atoms with Crippen LogP contribution in [0, 0.1) is 0 Å². The van der Waals surface area contributed by atoms with Crippen LogP contribution in [-0.4, -0.2) is 12.2 Å². The molecule has 34 valence electrons. The molecule has 0 aliphatic carbocycles. The molecule has 0 rings (SSSR count). The summed E-state index contributed by atoms with van der Waals surface area (Å²) in [7, 11) is 1.00. The van der Waals surface area contributed by atoms with Gasteiger partial charge in [-0.05, 0) is 0 Å². The van der Waals surface area contributed by atoms with Gasteiger partial charge in [0.1, 0.15) is 0 Å². The average molecular weight is 153 g/mol. The maximum atomic E-state index is 7.00. The van der Waals surface area contributed by atoms with Gasteiger partial charge in [0.05, 0.1) is 0 Å². The zero-order valence-electron chi connectivity index (χ0n) is 2.76. The van der Waals surface area contributed by atoms with Gasteiger partial charge in [-0.2, -0.15) is 0 Å². The van der Waals surface area contributed by atoms with E-state index in [9.17, 15) is 0 Å². The summed E-state index contributed by atoms with van der Waals surface area (Å²) in [5.74, 6) is 0. The maximum absolute atomic E-state index is 7.00. The van der Waals surface area contributed by atoms with E-state index in [1.165, 1.54) is 0 Å². The number of halogens is 2. The summed E-state index contributed by atoms with van der Waals surface area (Å²) in [6, 6.07) is 0. The summed E-state index contributed by atoms with van der Waals surface area (Å²) in [4.78, 5) is 0. The van der Waals surface area contributed by atoms with E-state index in [1.807, 2.05) is 0 Å². The Morgan fingerprint density at radius 1 is 1.00 bits per heavy atom. The van der Waals surface area contributed by atoms with Crippen LogP contribution >= 0.6 is 24.8 Å². The third-order valence-electron chi connectivity index (χ3n) is 0. The molecule has 4 heteroatoms. The summed E-state index contributed by atoms with van der Waals surface area (Å²) in [6.45, 7) is 0. The molecule has 5 heavy (non-hydrogen) atoms. The molecular formula is CH6Cl2OTi. The first kappa shape index (κ1) is 34.0. The predicted octanol–water partition coefficient (Wildman–Crippen LogP) is 0.450. The number of hydrogen-bond donors (Lipinski definition) is 1. The Labute approximate surface area is 58.8 Å². The van der Waals surface area contributed by atoms with Crippen molar-refractivity contribution in [1.82, 2.24) is 0 Å². The van der Waals surface area contributed by atoms with Gasteiger partial charge in [-0.3, -0.25) is 0 Å². The van der Waals surface area contributed by atoms with Gasteiger partial charge in [0.25, 0.3) is 0 Å². The van der Waals surface area contributed by atoms with E-state index in [4.69, 9.17) is 5.11 Å². The Hall–Kier alpha value is 1.25. The standard InChI is InChI=1S/CH4O.2ClH.Ti/c1-2;;;/h2H,1H3;2*1H;. The van der Waals surface area contributed by atoms with Crippen LogP contribution < -0.4 is 0 Å². The minimum atomic E-state index is 0. The minimum absolute atomic E-state index is 0. The van der Waals surface area contributed by atoms with E-state index in [1.54, 1.807) is 0 Å². The molecule has 0 amide bonds. The number of aliphatic hydroxyl groups is 1. The van der Waals surface area contributed by atoms with Crippen molar-refractivity contribution >= 4 is 24.8 Å². The summed E-state index contributed by atoms with van der Waals surface area (Å²) in [5, 5.41) is 7.00. The fraction of sp³-hybridized carbons (Fsp3) is 1.00. The van der Waals surface area contributed by atoms with Crippen LogP contribution in [0.5, 0.6) is 0 Å². The van der Waals surface area contributed by atoms with Crippen molar-refractivity contribution in [2.45, 2.75) is 0 Å². The molecule has 0 fully saturated rings. The van der Waals surface area contributed by atoms with Crippen LogP contribution in [0.15, 0.2) is 0 Å². The Balaban J connectivity index is -0.00000000167. The van der Waals surface area contributed by atoms with E-state index >= 15 is 0 Å². The summed E-state index contributed by atoms with van der Waals surface area (Å²) >= 11 is 0. The van der Waals surface area contributed by atoms with Crippen molar-refractivity contribution in [2.24, 2.45) is 0 Å². The molecule has 0 saturated carbocycles. The van der Waals surface area contributed by atoms with E-state index < -0.39 is 0 Å². The first-order chi connectivity index (χ1) is 1.00. The minimum Gasteiger partial charge on any atom is -0.400 e. The second kappa shape index (κ2) is 60.4. The summed E-state index contributed by atoms with van der Waals surface area (Å²) < 4.78 is 0. The molecule has 0 radical (unpaired) electrons. The van der Waals surface area contributed by atoms with Gasteiger partial charge in [0.15, 0.2) is 0 Å². The summed E-state index contributed by atoms with van der Waals surface area (Å²) in [6.07, 6.45) is 0. The molecule has 0 heterocycles. The van der Waals surface area contributed by atoms with E-state index in [0.717, 1.165) is 7.11 Å². The van der Waals surface area contributed by atoms with Gasteiger partial charge in [-0.25, -0.2) is 0 Å². The smallest absolute Gasteiger partial charge is 0.0319 e.